The fourth-order valence-electron chi connectivity index (χ4n) is 9.82. The first-order valence-corrected chi connectivity index (χ1v) is 37.6. The molecule has 4 unspecified atom stereocenters. The summed E-state index contributed by atoms with van der Waals surface area (Å²) in [4.78, 5) is 72.0. The maximum Gasteiger partial charge on any atom is 0.472 e. The lowest BCUT2D eigenvalue weighted by Crippen LogP contribution is -2.30. The molecule has 0 amide bonds. The van der Waals surface area contributed by atoms with Gasteiger partial charge in [0.1, 0.15) is 19.3 Å². The zero-order valence-electron chi connectivity index (χ0n) is 54.9. The fraction of sp³-hybridized carbons (Fsp3) is 0.939. The van der Waals surface area contributed by atoms with Crippen molar-refractivity contribution in [2.75, 3.05) is 39.6 Å². The highest BCUT2D eigenvalue weighted by Crippen LogP contribution is 2.45. The SMILES string of the molecule is CCCCCCCCCCCCCCC(=O)OC[C@H](COP(=O)(O)OC[C@@H](O)COP(=O)(O)OC[C@@H](COC(=O)CCCCCCC)OC(=O)CCCCCCCCC(C)CC)OC(=O)CCCCCCCCCCCCCCCCC(C)CC. The number of phosphoric acid groups is 2. The molecule has 0 saturated heterocycles. The van der Waals surface area contributed by atoms with Crippen LogP contribution < -0.4 is 0 Å². The van der Waals surface area contributed by atoms with Gasteiger partial charge < -0.3 is 33.8 Å². The monoisotopic (exact) mass is 1250 g/mol. The van der Waals surface area contributed by atoms with E-state index in [1.165, 1.54) is 141 Å². The van der Waals surface area contributed by atoms with Gasteiger partial charge >= 0.3 is 39.5 Å². The van der Waals surface area contributed by atoms with Crippen LogP contribution >= 0.6 is 15.6 Å². The number of esters is 4. The van der Waals surface area contributed by atoms with E-state index in [9.17, 15) is 43.2 Å². The molecule has 0 rings (SSSR count). The Labute approximate surface area is 517 Å². The van der Waals surface area contributed by atoms with Gasteiger partial charge in [0.05, 0.1) is 26.4 Å². The minimum absolute atomic E-state index is 0.102. The van der Waals surface area contributed by atoms with E-state index in [4.69, 9.17) is 37.0 Å². The maximum atomic E-state index is 13.0. The van der Waals surface area contributed by atoms with Gasteiger partial charge in [-0.05, 0) is 37.5 Å². The molecule has 19 heteroatoms. The van der Waals surface area contributed by atoms with Gasteiger partial charge in [0.2, 0.25) is 0 Å². The lowest BCUT2D eigenvalue weighted by Gasteiger charge is -2.21. The van der Waals surface area contributed by atoms with Crippen LogP contribution in [0, 0.1) is 11.8 Å². The van der Waals surface area contributed by atoms with Crippen molar-refractivity contribution < 1.29 is 80.2 Å². The Kier molecular flexibility index (Phi) is 57.1. The largest absolute Gasteiger partial charge is 0.472 e. The van der Waals surface area contributed by atoms with E-state index in [-0.39, 0.29) is 25.7 Å². The highest BCUT2D eigenvalue weighted by atomic mass is 31.2. The molecule has 0 aromatic rings. The van der Waals surface area contributed by atoms with Crippen molar-refractivity contribution in [3.05, 3.63) is 0 Å². The quantitative estimate of drug-likeness (QED) is 0.0222. The van der Waals surface area contributed by atoms with Crippen LogP contribution in [0.3, 0.4) is 0 Å². The summed E-state index contributed by atoms with van der Waals surface area (Å²) in [6.45, 7) is 9.43. The number of ether oxygens (including phenoxy) is 4. The van der Waals surface area contributed by atoms with Gasteiger partial charge in [-0.15, -0.1) is 0 Å². The molecule has 0 aromatic heterocycles. The zero-order chi connectivity index (χ0) is 62.9. The van der Waals surface area contributed by atoms with Crippen molar-refractivity contribution >= 4 is 39.5 Å². The van der Waals surface area contributed by atoms with E-state index in [1.54, 1.807) is 0 Å². The smallest absolute Gasteiger partial charge is 0.462 e. The van der Waals surface area contributed by atoms with Crippen molar-refractivity contribution in [2.45, 2.75) is 349 Å². The Morgan fingerprint density at radius 2 is 0.565 bits per heavy atom. The topological polar surface area (TPSA) is 237 Å². The fourth-order valence-corrected chi connectivity index (χ4v) is 11.4. The normalized spacial score (nSPS) is 14.9. The molecule has 0 aliphatic carbocycles. The highest BCUT2D eigenvalue weighted by molar-refractivity contribution is 7.47. The third-order valence-electron chi connectivity index (χ3n) is 15.9. The molecule has 0 fully saturated rings. The number of carbonyl (C=O) groups excluding carboxylic acids is 4. The Morgan fingerprint density at radius 1 is 0.329 bits per heavy atom. The lowest BCUT2D eigenvalue weighted by molar-refractivity contribution is -0.161. The predicted molar refractivity (Wildman–Crippen MR) is 340 cm³/mol. The van der Waals surface area contributed by atoms with Crippen LogP contribution in [0.15, 0.2) is 0 Å². The molecular weight excluding hydrogens is 1130 g/mol. The summed E-state index contributed by atoms with van der Waals surface area (Å²) in [7, 11) is -9.88. The number of hydrogen-bond acceptors (Lipinski definition) is 15. The Bertz CT molecular complexity index is 1670. The van der Waals surface area contributed by atoms with E-state index in [2.05, 4.69) is 41.5 Å². The van der Waals surface area contributed by atoms with Crippen LogP contribution in [0.25, 0.3) is 0 Å². The molecule has 0 saturated carbocycles. The average Bonchev–Trinajstić information content (AvgIpc) is 3.56. The third kappa shape index (κ3) is 58.2. The van der Waals surface area contributed by atoms with Crippen molar-refractivity contribution in [3.8, 4) is 0 Å². The molecule has 0 heterocycles. The summed E-state index contributed by atoms with van der Waals surface area (Å²) < 4.78 is 67.9. The van der Waals surface area contributed by atoms with Crippen LogP contribution in [0.5, 0.6) is 0 Å². The van der Waals surface area contributed by atoms with E-state index < -0.39 is 97.5 Å². The highest BCUT2D eigenvalue weighted by Gasteiger charge is 2.30. The van der Waals surface area contributed by atoms with Crippen LogP contribution in [0.2, 0.25) is 0 Å². The van der Waals surface area contributed by atoms with Gasteiger partial charge in [-0.3, -0.25) is 37.3 Å². The second-order valence-electron chi connectivity index (χ2n) is 24.3. The summed E-state index contributed by atoms with van der Waals surface area (Å²) in [5.41, 5.74) is 0. The molecule has 0 aliphatic heterocycles. The molecule has 0 aliphatic rings. The summed E-state index contributed by atoms with van der Waals surface area (Å²) >= 11 is 0. The van der Waals surface area contributed by atoms with Gasteiger partial charge in [-0.25, -0.2) is 9.13 Å². The number of hydrogen-bond donors (Lipinski definition) is 3. The molecule has 0 spiro atoms. The summed E-state index contributed by atoms with van der Waals surface area (Å²) in [6, 6.07) is 0. The molecule has 0 bridgehead atoms. The van der Waals surface area contributed by atoms with Crippen molar-refractivity contribution in [2.24, 2.45) is 11.8 Å². The molecule has 3 N–H and O–H groups in total. The minimum Gasteiger partial charge on any atom is -0.462 e. The second-order valence-corrected chi connectivity index (χ2v) is 27.2. The number of carbonyl (C=O) groups is 4. The first-order valence-electron chi connectivity index (χ1n) is 34.6. The van der Waals surface area contributed by atoms with E-state index in [0.717, 1.165) is 108 Å². The number of unbranched alkanes of at least 4 members (excludes halogenated alkanes) is 33. The molecule has 0 radical (unpaired) electrons. The van der Waals surface area contributed by atoms with Gasteiger partial charge in [0.15, 0.2) is 12.2 Å². The Balaban J connectivity index is 5.16. The number of rotatable bonds is 65. The first-order chi connectivity index (χ1) is 40.9. The first kappa shape index (κ1) is 83.1. The minimum atomic E-state index is -4.95. The standard InChI is InChI=1S/C66H128O17P2/c1-7-11-13-15-16-17-18-24-27-30-37-43-49-64(69)77-55-62(82-65(70)50-44-38-31-28-25-22-20-19-21-23-26-29-35-40-46-58(5)9-3)57-81-85(74,75)79-53-60(67)52-78-84(72,73)80-56-61(54-76-63(68)48-42-34-14-12-8-2)83-66(71)51-45-39-33-32-36-41-47-59(6)10-4/h58-62,67H,7-57H2,1-6H3,(H,72,73)(H,74,75)/t58?,59?,60-,61+,62+/m0/s1. The van der Waals surface area contributed by atoms with Crippen LogP contribution in [0.4, 0.5) is 0 Å². The van der Waals surface area contributed by atoms with Crippen molar-refractivity contribution in [1.82, 2.24) is 0 Å². The zero-order valence-corrected chi connectivity index (χ0v) is 56.7. The molecule has 7 atom stereocenters. The predicted octanol–water partition coefficient (Wildman–Crippen LogP) is 18.4. The molecule has 85 heavy (non-hydrogen) atoms. The van der Waals surface area contributed by atoms with Gasteiger partial charge in [-0.2, -0.15) is 0 Å². The van der Waals surface area contributed by atoms with Gasteiger partial charge in [-0.1, -0.05) is 279 Å². The van der Waals surface area contributed by atoms with E-state index in [1.807, 2.05) is 0 Å². The van der Waals surface area contributed by atoms with E-state index in [0.29, 0.717) is 25.7 Å². The molecule has 17 nitrogen and oxygen atoms in total. The summed E-state index contributed by atoms with van der Waals surface area (Å²) in [5, 5.41) is 10.5. The average molecular weight is 1260 g/mol. The van der Waals surface area contributed by atoms with Crippen LogP contribution in [-0.2, 0) is 65.4 Å². The second kappa shape index (κ2) is 58.4. The molecule has 504 valence electrons. The van der Waals surface area contributed by atoms with Crippen molar-refractivity contribution in [1.29, 1.82) is 0 Å². The molecular formula is C66H128O17P2. The Morgan fingerprint density at radius 3 is 0.835 bits per heavy atom. The number of aliphatic hydroxyl groups excluding tert-OH is 1. The maximum absolute atomic E-state index is 13.0. The van der Waals surface area contributed by atoms with Gasteiger partial charge in [0, 0.05) is 25.7 Å². The van der Waals surface area contributed by atoms with Crippen LogP contribution in [0.1, 0.15) is 330 Å². The molecule has 0 aromatic carbocycles. The number of phosphoric ester groups is 2. The van der Waals surface area contributed by atoms with E-state index >= 15 is 0 Å². The summed E-state index contributed by atoms with van der Waals surface area (Å²) in [6.07, 6.45) is 42.0. The number of aliphatic hydroxyl groups is 1. The van der Waals surface area contributed by atoms with Gasteiger partial charge in [0.25, 0.3) is 0 Å². The lowest BCUT2D eigenvalue weighted by atomic mass is 9.99. The third-order valence-corrected chi connectivity index (χ3v) is 17.8. The van der Waals surface area contributed by atoms with Crippen LogP contribution in [-0.4, -0.2) is 96.7 Å². The van der Waals surface area contributed by atoms with Crippen molar-refractivity contribution in [3.63, 3.8) is 0 Å². The summed E-state index contributed by atoms with van der Waals surface area (Å²) in [5.74, 6) is -0.576. The Hall–Kier alpha value is -1.94.